The fourth-order valence-electron chi connectivity index (χ4n) is 4.17. The van der Waals surface area contributed by atoms with Gasteiger partial charge in [0.05, 0.1) is 11.3 Å². The van der Waals surface area contributed by atoms with Crippen molar-refractivity contribution in [3.05, 3.63) is 64.0 Å². The van der Waals surface area contributed by atoms with Crippen molar-refractivity contribution in [1.29, 1.82) is 0 Å². The summed E-state index contributed by atoms with van der Waals surface area (Å²) in [5.74, 6) is -1.05. The smallest absolute Gasteiger partial charge is 0.253 e. The summed E-state index contributed by atoms with van der Waals surface area (Å²) in [6.07, 6.45) is 8.29. The minimum atomic E-state index is -0.969. The van der Waals surface area contributed by atoms with Crippen LogP contribution < -0.4 is 0 Å². The van der Waals surface area contributed by atoms with Gasteiger partial charge in [-0.05, 0) is 61.3 Å². The van der Waals surface area contributed by atoms with Crippen molar-refractivity contribution in [3.63, 3.8) is 0 Å². The molecule has 164 valence electrons. The van der Waals surface area contributed by atoms with Crippen molar-refractivity contribution < 1.29 is 19.1 Å². The number of carbonyl (C=O) groups is 2. The van der Waals surface area contributed by atoms with E-state index in [4.69, 9.17) is 0 Å². The fourth-order valence-corrected chi connectivity index (χ4v) is 5.23. The van der Waals surface area contributed by atoms with Gasteiger partial charge in [0, 0.05) is 35.9 Å². The molecule has 0 radical (unpaired) electrons. The first-order valence-corrected chi connectivity index (χ1v) is 11.5. The first-order chi connectivity index (χ1) is 15.5. The van der Waals surface area contributed by atoms with Crippen LogP contribution in [0, 0.1) is 5.82 Å². The number of aromatic nitrogens is 2. The third kappa shape index (κ3) is 4.02. The highest BCUT2D eigenvalue weighted by Crippen LogP contribution is 2.44. The highest BCUT2D eigenvalue weighted by Gasteiger charge is 2.27. The number of nitrogens with zero attached hydrogens (tertiary/aromatic N) is 3. The number of thiazole rings is 1. The predicted octanol–water partition coefficient (Wildman–Crippen LogP) is 4.76. The van der Waals surface area contributed by atoms with Gasteiger partial charge in [-0.1, -0.05) is 6.07 Å². The summed E-state index contributed by atoms with van der Waals surface area (Å²) < 4.78 is 13.8. The summed E-state index contributed by atoms with van der Waals surface area (Å²) in [5, 5.41) is 10.5. The second kappa shape index (κ2) is 8.43. The Morgan fingerprint density at radius 3 is 2.53 bits per heavy atom. The van der Waals surface area contributed by atoms with Crippen LogP contribution in [0.4, 0.5) is 4.39 Å². The molecule has 0 spiro atoms. The van der Waals surface area contributed by atoms with Crippen molar-refractivity contribution in [3.8, 4) is 16.5 Å². The van der Waals surface area contributed by atoms with E-state index >= 15 is 0 Å². The van der Waals surface area contributed by atoms with Crippen LogP contribution in [0.25, 0.3) is 10.7 Å². The average molecular weight is 452 g/mol. The number of benzene rings is 1. The summed E-state index contributed by atoms with van der Waals surface area (Å²) in [4.78, 5) is 35.9. The molecule has 0 bridgehead atoms. The van der Waals surface area contributed by atoms with Gasteiger partial charge < -0.3 is 10.0 Å². The van der Waals surface area contributed by atoms with E-state index in [1.165, 1.54) is 23.8 Å². The largest absolute Gasteiger partial charge is 0.504 e. The van der Waals surface area contributed by atoms with Crippen LogP contribution in [0.3, 0.4) is 0 Å². The number of halogens is 1. The molecule has 1 aliphatic carbocycles. The number of hydrogen-bond acceptors (Lipinski definition) is 6. The summed E-state index contributed by atoms with van der Waals surface area (Å²) in [5.41, 5.74) is 1.87. The van der Waals surface area contributed by atoms with Gasteiger partial charge in [0.15, 0.2) is 17.9 Å². The fraction of sp³-hybridized carbons (Fsp3) is 0.333. The molecule has 2 aliphatic rings. The lowest BCUT2D eigenvalue weighted by atomic mass is 9.90. The van der Waals surface area contributed by atoms with E-state index in [2.05, 4.69) is 16.0 Å². The average Bonchev–Trinajstić information content (AvgIpc) is 3.57. The molecule has 32 heavy (non-hydrogen) atoms. The van der Waals surface area contributed by atoms with Crippen LogP contribution in [-0.2, 0) is 0 Å². The molecule has 0 unspecified atom stereocenters. The van der Waals surface area contributed by atoms with E-state index in [9.17, 15) is 19.1 Å². The molecule has 5 rings (SSSR count). The number of amides is 1. The Kier molecular flexibility index (Phi) is 5.46. The first-order valence-electron chi connectivity index (χ1n) is 10.7. The van der Waals surface area contributed by atoms with Gasteiger partial charge in [-0.2, -0.15) is 0 Å². The molecule has 8 heteroatoms. The van der Waals surface area contributed by atoms with E-state index in [-0.39, 0.29) is 17.0 Å². The molecular formula is C24H22FN3O3S. The normalized spacial score (nSPS) is 16.8. The van der Waals surface area contributed by atoms with Gasteiger partial charge in [0.2, 0.25) is 0 Å². The van der Waals surface area contributed by atoms with Gasteiger partial charge in [0.1, 0.15) is 5.01 Å². The Balaban J connectivity index is 1.23. The van der Waals surface area contributed by atoms with Crippen molar-refractivity contribution in [1.82, 2.24) is 14.9 Å². The summed E-state index contributed by atoms with van der Waals surface area (Å²) in [6, 6.07) is 6.32. The number of aldehydes is 1. The SMILES string of the molecule is O=Cc1cc(C(=O)N2CCC(c3ccc(-c4ncc(C5CC5)s4)nc3)CC2)cc(F)c1O. The Hall–Kier alpha value is -3.13. The van der Waals surface area contributed by atoms with Crippen LogP contribution in [-0.4, -0.2) is 45.3 Å². The predicted molar refractivity (Wildman–Crippen MR) is 119 cm³/mol. The van der Waals surface area contributed by atoms with Crippen LogP contribution >= 0.6 is 11.3 Å². The lowest BCUT2D eigenvalue weighted by molar-refractivity contribution is 0.0712. The zero-order valence-electron chi connectivity index (χ0n) is 17.3. The number of aromatic hydroxyl groups is 1. The number of hydrogen-bond donors (Lipinski definition) is 1. The molecule has 6 nitrogen and oxygen atoms in total. The molecule has 2 aromatic heterocycles. The highest BCUT2D eigenvalue weighted by molar-refractivity contribution is 7.15. The molecule has 1 aromatic carbocycles. The van der Waals surface area contributed by atoms with Gasteiger partial charge in [-0.25, -0.2) is 9.37 Å². The highest BCUT2D eigenvalue weighted by atomic mass is 32.1. The van der Waals surface area contributed by atoms with Gasteiger partial charge in [0.25, 0.3) is 5.91 Å². The maximum absolute atomic E-state index is 13.8. The standard InChI is InChI=1S/C24H22FN3O3S/c25-19-10-17(9-18(13-29)22(19)30)24(31)28-7-5-14(6-8-28)16-3-4-20(26-11-16)23-27-12-21(32-23)15-1-2-15/h3-4,9-15,30H,1-2,5-8H2. The Bertz CT molecular complexity index is 1170. The number of phenolic OH excluding ortho intramolecular Hbond substituents is 1. The van der Waals surface area contributed by atoms with Gasteiger partial charge in [-0.15, -0.1) is 11.3 Å². The van der Waals surface area contributed by atoms with Crippen molar-refractivity contribution in [2.24, 2.45) is 0 Å². The molecule has 2 fully saturated rings. The third-order valence-electron chi connectivity index (χ3n) is 6.23. The minimum Gasteiger partial charge on any atom is -0.504 e. The molecule has 0 atom stereocenters. The first kappa shape index (κ1) is 20.8. The van der Waals surface area contributed by atoms with E-state index in [0.29, 0.717) is 31.2 Å². The Morgan fingerprint density at radius 2 is 1.88 bits per heavy atom. The van der Waals surface area contributed by atoms with E-state index in [0.717, 1.165) is 35.2 Å². The summed E-state index contributed by atoms with van der Waals surface area (Å²) >= 11 is 1.72. The van der Waals surface area contributed by atoms with Crippen molar-refractivity contribution in [2.75, 3.05) is 13.1 Å². The molecule has 3 heterocycles. The zero-order valence-corrected chi connectivity index (χ0v) is 18.1. The molecule has 1 amide bonds. The molecule has 1 aliphatic heterocycles. The molecule has 1 N–H and O–H groups in total. The van der Waals surface area contributed by atoms with Crippen molar-refractivity contribution >= 4 is 23.5 Å². The van der Waals surface area contributed by atoms with Crippen LogP contribution in [0.2, 0.25) is 0 Å². The molecule has 3 aromatic rings. The number of likely N-dealkylation sites (tertiary alicyclic amines) is 1. The monoisotopic (exact) mass is 451 g/mol. The second-order valence-electron chi connectivity index (χ2n) is 8.40. The van der Waals surface area contributed by atoms with Crippen LogP contribution in [0.5, 0.6) is 5.75 Å². The summed E-state index contributed by atoms with van der Waals surface area (Å²) in [6.45, 7) is 1.06. The topological polar surface area (TPSA) is 83.4 Å². The second-order valence-corrected chi connectivity index (χ2v) is 9.46. The van der Waals surface area contributed by atoms with Crippen molar-refractivity contribution in [2.45, 2.75) is 37.5 Å². The van der Waals surface area contributed by atoms with Gasteiger partial charge >= 0.3 is 0 Å². The maximum Gasteiger partial charge on any atom is 0.253 e. The summed E-state index contributed by atoms with van der Waals surface area (Å²) in [7, 11) is 0. The number of pyridine rings is 1. The number of phenols is 1. The lowest BCUT2D eigenvalue weighted by Gasteiger charge is -2.32. The number of carbonyl (C=O) groups excluding carboxylic acids is 2. The van der Waals surface area contributed by atoms with Gasteiger partial charge in [-0.3, -0.25) is 14.6 Å². The van der Waals surface area contributed by atoms with Crippen LogP contribution in [0.1, 0.15) is 68.7 Å². The van der Waals surface area contributed by atoms with E-state index < -0.39 is 11.6 Å². The quantitative estimate of drug-likeness (QED) is 0.566. The Labute approximate surface area is 188 Å². The maximum atomic E-state index is 13.8. The molecular weight excluding hydrogens is 429 g/mol. The lowest BCUT2D eigenvalue weighted by Crippen LogP contribution is -2.38. The van der Waals surface area contributed by atoms with Crippen LogP contribution in [0.15, 0.2) is 36.7 Å². The number of rotatable bonds is 5. The zero-order chi connectivity index (χ0) is 22.2. The van der Waals surface area contributed by atoms with E-state index in [1.807, 2.05) is 18.5 Å². The minimum absolute atomic E-state index is 0.0703. The number of piperidine rings is 1. The Morgan fingerprint density at radius 1 is 1.09 bits per heavy atom. The molecule has 1 saturated heterocycles. The molecule has 1 saturated carbocycles. The van der Waals surface area contributed by atoms with E-state index in [1.54, 1.807) is 16.2 Å². The third-order valence-corrected chi connectivity index (χ3v) is 7.41.